The highest BCUT2D eigenvalue weighted by atomic mass is 35.5. The first kappa shape index (κ1) is 30.2. The van der Waals surface area contributed by atoms with Crippen LogP contribution in [0.3, 0.4) is 0 Å². The molecule has 2 fully saturated rings. The van der Waals surface area contributed by atoms with Gasteiger partial charge in [-0.1, -0.05) is 28.4 Å². The number of rotatable bonds is 10. The molecule has 3 aromatic heterocycles. The molecule has 230 valence electrons. The minimum absolute atomic E-state index is 0.218. The van der Waals surface area contributed by atoms with Crippen LogP contribution in [-0.4, -0.2) is 90.5 Å². The maximum atomic E-state index is 11.1. The largest absolute Gasteiger partial charge is 0.481 e. The number of halogens is 2. The van der Waals surface area contributed by atoms with Gasteiger partial charge >= 0.3 is 5.97 Å². The number of ether oxygens (including phenoxy) is 1. The number of hydrogen-bond acceptors (Lipinski definition) is 10. The van der Waals surface area contributed by atoms with Crippen molar-refractivity contribution < 1.29 is 14.6 Å². The predicted molar refractivity (Wildman–Crippen MR) is 166 cm³/mol. The topological polar surface area (TPSA) is 136 Å². The van der Waals surface area contributed by atoms with Gasteiger partial charge in [-0.15, -0.1) is 5.10 Å². The molecule has 2 N–H and O–H groups in total. The van der Waals surface area contributed by atoms with Crippen LogP contribution in [-0.2, 0) is 17.9 Å². The molecule has 44 heavy (non-hydrogen) atoms. The Morgan fingerprint density at radius 1 is 0.909 bits per heavy atom. The van der Waals surface area contributed by atoms with Crippen LogP contribution in [0, 0.1) is 5.92 Å². The molecule has 6 rings (SSSR count). The number of carboxylic acid groups (broad SMARTS) is 1. The van der Waals surface area contributed by atoms with Gasteiger partial charge in [0.05, 0.1) is 30.0 Å². The molecule has 0 atom stereocenters. The van der Waals surface area contributed by atoms with Gasteiger partial charge in [0.1, 0.15) is 0 Å². The quantitative estimate of drug-likeness (QED) is 0.249. The highest BCUT2D eigenvalue weighted by Crippen LogP contribution is 2.31. The smallest absolute Gasteiger partial charge is 0.303 e. The number of pyridine rings is 1. The Labute approximate surface area is 265 Å². The van der Waals surface area contributed by atoms with Crippen LogP contribution in [0.25, 0.3) is 11.3 Å². The Morgan fingerprint density at radius 3 is 2.27 bits per heavy atom. The minimum Gasteiger partial charge on any atom is -0.481 e. The molecule has 12 nitrogen and oxygen atoms in total. The van der Waals surface area contributed by atoms with Crippen molar-refractivity contribution in [1.29, 1.82) is 0 Å². The maximum absolute atomic E-state index is 11.1. The molecule has 0 aliphatic carbocycles. The van der Waals surface area contributed by atoms with Crippen LogP contribution in [0.4, 0.5) is 5.95 Å². The van der Waals surface area contributed by atoms with Crippen LogP contribution < -0.4 is 9.64 Å². The number of aliphatic carboxylic acids is 1. The van der Waals surface area contributed by atoms with Gasteiger partial charge in [-0.3, -0.25) is 19.7 Å². The van der Waals surface area contributed by atoms with Gasteiger partial charge < -0.3 is 14.7 Å². The minimum atomic E-state index is -0.733. The number of carbonyl (C=O) groups is 1. The summed E-state index contributed by atoms with van der Waals surface area (Å²) in [7, 11) is 0. The molecule has 0 amide bonds. The van der Waals surface area contributed by atoms with Crippen molar-refractivity contribution in [3.8, 4) is 22.9 Å². The van der Waals surface area contributed by atoms with Gasteiger partial charge in [-0.2, -0.15) is 0 Å². The summed E-state index contributed by atoms with van der Waals surface area (Å²) in [6.07, 6.45) is 7.03. The van der Waals surface area contributed by atoms with E-state index in [0.29, 0.717) is 39.9 Å². The number of aromatic nitrogens is 6. The fourth-order valence-electron chi connectivity index (χ4n) is 5.70. The first-order valence-corrected chi connectivity index (χ1v) is 15.4. The first-order valence-electron chi connectivity index (χ1n) is 14.6. The molecule has 1 aromatic carbocycles. The van der Waals surface area contributed by atoms with E-state index in [2.05, 4.69) is 40.1 Å². The SMILES string of the molecule is O=C(O)CC1CCN(Cc2cc(Oc3cnc(N4CCN(Cc5cnn[nH]5)CC4)nc3)nc(-c3cc(Cl)cc(Cl)c3)c2)CC1. The van der Waals surface area contributed by atoms with E-state index < -0.39 is 5.97 Å². The summed E-state index contributed by atoms with van der Waals surface area (Å²) in [5.74, 6) is 1.03. The van der Waals surface area contributed by atoms with Gasteiger partial charge in [0.15, 0.2) is 5.75 Å². The lowest BCUT2D eigenvalue weighted by atomic mass is 9.93. The third-order valence-electron chi connectivity index (χ3n) is 7.95. The van der Waals surface area contributed by atoms with Gasteiger partial charge in [0, 0.05) is 67.4 Å². The number of nitrogens with zero attached hydrogens (tertiary/aromatic N) is 8. The van der Waals surface area contributed by atoms with Gasteiger partial charge in [0.25, 0.3) is 0 Å². The number of carboxylic acids is 1. The summed E-state index contributed by atoms with van der Waals surface area (Å²) in [5, 5.41) is 20.7. The molecule has 5 heterocycles. The first-order chi connectivity index (χ1) is 21.4. The Kier molecular flexibility index (Phi) is 9.51. The maximum Gasteiger partial charge on any atom is 0.303 e. The Bertz CT molecular complexity index is 1540. The molecular weight excluding hydrogens is 605 g/mol. The standard InChI is InChI=1S/C30H33Cl2N9O3/c31-23-12-22(13-24(32)14-23)27-9-21(18-39-3-1-20(2-4-39)11-29(42)43)10-28(36-27)44-26-16-33-30(34-17-26)41-7-5-40(6-8-41)19-25-15-35-38-37-25/h9-10,12-17,20H,1-8,11,18-19H2,(H,42,43)(H,35,37,38). The molecule has 2 aliphatic rings. The van der Waals surface area contributed by atoms with Gasteiger partial charge in [0.2, 0.25) is 11.8 Å². The third-order valence-corrected chi connectivity index (χ3v) is 8.38. The van der Waals surface area contributed by atoms with E-state index in [1.54, 1.807) is 24.7 Å². The van der Waals surface area contributed by atoms with Crippen molar-refractivity contribution in [2.75, 3.05) is 44.2 Å². The summed E-state index contributed by atoms with van der Waals surface area (Å²) in [4.78, 5) is 31.9. The van der Waals surface area contributed by atoms with Crippen LogP contribution >= 0.6 is 23.2 Å². The second kappa shape index (κ2) is 13.9. The number of aromatic amines is 1. The normalized spacial score (nSPS) is 16.7. The monoisotopic (exact) mass is 637 g/mol. The zero-order chi connectivity index (χ0) is 30.5. The summed E-state index contributed by atoms with van der Waals surface area (Å²) >= 11 is 12.6. The third kappa shape index (κ3) is 8.00. The fourth-order valence-corrected chi connectivity index (χ4v) is 6.22. The van der Waals surface area contributed by atoms with E-state index >= 15 is 0 Å². The average Bonchev–Trinajstić information content (AvgIpc) is 3.51. The number of piperazine rings is 1. The second-order valence-corrected chi connectivity index (χ2v) is 12.1. The molecule has 2 aliphatic heterocycles. The number of piperidine rings is 1. The average molecular weight is 639 g/mol. The van der Waals surface area contributed by atoms with E-state index in [4.69, 9.17) is 38.0 Å². The number of anilines is 1. The number of hydrogen-bond donors (Lipinski definition) is 2. The second-order valence-electron chi connectivity index (χ2n) is 11.2. The van der Waals surface area contributed by atoms with E-state index in [1.165, 1.54) is 0 Å². The molecule has 0 radical (unpaired) electrons. The van der Waals surface area contributed by atoms with E-state index in [-0.39, 0.29) is 12.3 Å². The Hall–Kier alpha value is -3.84. The number of H-pyrrole nitrogens is 1. The molecule has 0 bridgehead atoms. The molecule has 4 aromatic rings. The highest BCUT2D eigenvalue weighted by molar-refractivity contribution is 6.35. The van der Waals surface area contributed by atoms with E-state index in [0.717, 1.165) is 75.5 Å². The Balaban J connectivity index is 1.14. The van der Waals surface area contributed by atoms with E-state index in [9.17, 15) is 4.79 Å². The number of nitrogens with one attached hydrogen (secondary N) is 1. The van der Waals surface area contributed by atoms with Crippen molar-refractivity contribution in [2.45, 2.75) is 32.4 Å². The van der Waals surface area contributed by atoms with Crippen LogP contribution in [0.5, 0.6) is 11.6 Å². The number of benzene rings is 1. The summed E-state index contributed by atoms with van der Waals surface area (Å²) in [6.45, 7) is 6.51. The van der Waals surface area contributed by atoms with E-state index in [1.807, 2.05) is 24.3 Å². The van der Waals surface area contributed by atoms with Crippen molar-refractivity contribution in [2.24, 2.45) is 5.92 Å². The number of likely N-dealkylation sites (tertiary alicyclic amines) is 1. The Morgan fingerprint density at radius 2 is 1.61 bits per heavy atom. The molecular formula is C30H33Cl2N9O3. The summed E-state index contributed by atoms with van der Waals surface area (Å²) in [5.41, 5.74) is 3.47. The zero-order valence-electron chi connectivity index (χ0n) is 24.1. The van der Waals surface area contributed by atoms with Crippen molar-refractivity contribution in [3.05, 3.63) is 70.2 Å². The molecule has 0 spiro atoms. The molecule has 14 heteroatoms. The molecule has 2 saturated heterocycles. The van der Waals surface area contributed by atoms with Crippen molar-refractivity contribution >= 4 is 35.1 Å². The van der Waals surface area contributed by atoms with Crippen LogP contribution in [0.15, 0.2) is 48.9 Å². The fraction of sp³-hybridized carbons (Fsp3) is 0.400. The molecule has 0 unspecified atom stereocenters. The van der Waals surface area contributed by atoms with Gasteiger partial charge in [-0.25, -0.2) is 15.0 Å². The lowest BCUT2D eigenvalue weighted by molar-refractivity contribution is -0.138. The summed E-state index contributed by atoms with van der Waals surface area (Å²) < 4.78 is 6.18. The highest BCUT2D eigenvalue weighted by Gasteiger charge is 2.23. The summed E-state index contributed by atoms with van der Waals surface area (Å²) in [6, 6.07) is 9.26. The van der Waals surface area contributed by atoms with Crippen LogP contribution in [0.2, 0.25) is 10.0 Å². The van der Waals surface area contributed by atoms with Crippen LogP contribution in [0.1, 0.15) is 30.5 Å². The zero-order valence-corrected chi connectivity index (χ0v) is 25.6. The lowest BCUT2D eigenvalue weighted by Gasteiger charge is -2.34. The molecule has 0 saturated carbocycles. The predicted octanol–water partition coefficient (Wildman–Crippen LogP) is 4.76. The van der Waals surface area contributed by atoms with Crippen molar-refractivity contribution in [3.63, 3.8) is 0 Å². The van der Waals surface area contributed by atoms with Crippen molar-refractivity contribution in [1.82, 2.24) is 40.2 Å². The van der Waals surface area contributed by atoms with Gasteiger partial charge in [-0.05, 0) is 61.7 Å². The lowest BCUT2D eigenvalue weighted by Crippen LogP contribution is -2.46.